The predicted octanol–water partition coefficient (Wildman–Crippen LogP) is 5.32. The van der Waals surface area contributed by atoms with Crippen LogP contribution in [0.2, 0.25) is 5.02 Å². The van der Waals surface area contributed by atoms with E-state index < -0.39 is 0 Å². The van der Waals surface area contributed by atoms with Gasteiger partial charge in [-0.05, 0) is 88.2 Å². The van der Waals surface area contributed by atoms with Crippen LogP contribution in [-0.4, -0.2) is 84.1 Å². The minimum atomic E-state index is 0.219. The molecule has 1 fully saturated rings. The van der Waals surface area contributed by atoms with Crippen molar-refractivity contribution in [2.24, 2.45) is 0 Å². The third-order valence-electron chi connectivity index (χ3n) is 7.15. The molecular weight excluding hydrogens is 472 g/mol. The fourth-order valence-corrected chi connectivity index (χ4v) is 4.73. The first kappa shape index (κ1) is 26.5. The molecule has 194 valence electrons. The maximum Gasteiger partial charge on any atom is 0.236 e. The maximum absolute atomic E-state index is 12.3. The highest BCUT2D eigenvalue weighted by molar-refractivity contribution is 6.30. The highest BCUT2D eigenvalue weighted by Crippen LogP contribution is 2.25. The quantitative estimate of drug-likeness (QED) is 0.327. The molecule has 0 N–H and O–H groups in total. The van der Waals surface area contributed by atoms with Crippen molar-refractivity contribution in [3.63, 3.8) is 0 Å². The first-order valence-corrected chi connectivity index (χ1v) is 13.5. The zero-order valence-corrected chi connectivity index (χ0v) is 22.6. The number of aromatic nitrogens is 1. The van der Waals surface area contributed by atoms with Crippen molar-refractivity contribution in [1.82, 2.24) is 19.3 Å². The van der Waals surface area contributed by atoms with Crippen molar-refractivity contribution in [2.45, 2.75) is 39.2 Å². The van der Waals surface area contributed by atoms with E-state index in [1.807, 2.05) is 36.2 Å². The Bertz CT molecular complexity index is 1120. The van der Waals surface area contributed by atoms with Crippen molar-refractivity contribution in [2.75, 3.05) is 52.9 Å². The lowest BCUT2D eigenvalue weighted by Crippen LogP contribution is -2.50. The van der Waals surface area contributed by atoms with Gasteiger partial charge in [0.05, 0.1) is 18.7 Å². The van der Waals surface area contributed by atoms with Gasteiger partial charge in [-0.15, -0.1) is 0 Å². The van der Waals surface area contributed by atoms with Gasteiger partial charge in [0.15, 0.2) is 0 Å². The molecule has 0 aliphatic carbocycles. The summed E-state index contributed by atoms with van der Waals surface area (Å²) >= 11 is 6.03. The van der Waals surface area contributed by atoms with E-state index in [1.165, 1.54) is 11.8 Å². The normalized spacial score (nSPS) is 15.0. The lowest BCUT2D eigenvalue weighted by atomic mass is 10.2. The van der Waals surface area contributed by atoms with Crippen LogP contribution in [0.4, 0.5) is 0 Å². The van der Waals surface area contributed by atoms with Gasteiger partial charge in [0.2, 0.25) is 5.91 Å². The van der Waals surface area contributed by atoms with Crippen LogP contribution < -0.4 is 4.74 Å². The Morgan fingerprint density at radius 1 is 0.972 bits per heavy atom. The average Bonchev–Trinajstić information content (AvgIpc) is 3.30. The smallest absolute Gasteiger partial charge is 0.236 e. The van der Waals surface area contributed by atoms with Gasteiger partial charge in [-0.3, -0.25) is 9.69 Å². The summed E-state index contributed by atoms with van der Waals surface area (Å²) in [5.74, 6) is 1.14. The SMILES string of the molecule is CC(C)N(C)C(=O)CN1CCN(CCCCCOc2ccc3c(ccn3-c3ccc(Cl)cc3)c2)CC1. The van der Waals surface area contributed by atoms with Crippen molar-refractivity contribution in [3.05, 3.63) is 59.8 Å². The van der Waals surface area contributed by atoms with Gasteiger partial charge in [0.25, 0.3) is 0 Å². The summed E-state index contributed by atoms with van der Waals surface area (Å²) in [5, 5.41) is 1.91. The van der Waals surface area contributed by atoms with E-state index in [-0.39, 0.29) is 11.9 Å². The fourth-order valence-electron chi connectivity index (χ4n) is 4.60. The lowest BCUT2D eigenvalue weighted by molar-refractivity contribution is -0.133. The molecule has 0 bridgehead atoms. The molecule has 0 spiro atoms. The minimum absolute atomic E-state index is 0.219. The van der Waals surface area contributed by atoms with E-state index in [1.54, 1.807) is 0 Å². The summed E-state index contributed by atoms with van der Waals surface area (Å²) in [6.45, 7) is 10.6. The van der Waals surface area contributed by atoms with Crippen LogP contribution in [0.5, 0.6) is 5.75 Å². The first-order chi connectivity index (χ1) is 17.4. The molecule has 0 atom stereocenters. The molecule has 1 aliphatic heterocycles. The number of fused-ring (bicyclic) bond motifs is 1. The molecule has 0 radical (unpaired) electrons. The van der Waals surface area contributed by atoms with Crippen LogP contribution >= 0.6 is 11.6 Å². The number of likely N-dealkylation sites (N-methyl/N-ethyl adjacent to an activating group) is 1. The number of nitrogens with zero attached hydrogens (tertiary/aromatic N) is 4. The molecule has 1 aromatic heterocycles. The summed E-state index contributed by atoms with van der Waals surface area (Å²) in [7, 11) is 1.89. The number of rotatable bonds is 11. The Labute approximate surface area is 220 Å². The van der Waals surface area contributed by atoms with Crippen LogP contribution in [0.25, 0.3) is 16.6 Å². The molecule has 2 aromatic carbocycles. The Hall–Kier alpha value is -2.54. The Morgan fingerprint density at radius 2 is 1.69 bits per heavy atom. The van der Waals surface area contributed by atoms with E-state index in [0.717, 1.165) is 74.1 Å². The number of carbonyl (C=O) groups excluding carboxylic acids is 1. The molecule has 4 rings (SSSR count). The van der Waals surface area contributed by atoms with Crippen molar-refractivity contribution in [1.29, 1.82) is 0 Å². The van der Waals surface area contributed by atoms with Gasteiger partial charge in [0, 0.05) is 61.6 Å². The molecule has 1 aliphatic rings. The molecular formula is C29H39ClN4O2. The van der Waals surface area contributed by atoms with Crippen molar-refractivity contribution < 1.29 is 9.53 Å². The largest absolute Gasteiger partial charge is 0.494 e. The molecule has 0 saturated carbocycles. The summed E-state index contributed by atoms with van der Waals surface area (Å²) < 4.78 is 8.20. The summed E-state index contributed by atoms with van der Waals surface area (Å²) in [4.78, 5) is 18.9. The second-order valence-corrected chi connectivity index (χ2v) is 10.4. The van der Waals surface area contributed by atoms with Crippen LogP contribution in [0.1, 0.15) is 33.1 Å². The van der Waals surface area contributed by atoms with Gasteiger partial charge >= 0.3 is 0 Å². The number of benzene rings is 2. The lowest BCUT2D eigenvalue weighted by Gasteiger charge is -2.35. The number of unbranched alkanes of at least 4 members (excludes halogenated alkanes) is 2. The molecule has 3 aromatic rings. The number of amides is 1. The van der Waals surface area contributed by atoms with E-state index in [4.69, 9.17) is 16.3 Å². The third-order valence-corrected chi connectivity index (χ3v) is 7.40. The molecule has 2 heterocycles. The first-order valence-electron chi connectivity index (χ1n) is 13.1. The highest BCUT2D eigenvalue weighted by Gasteiger charge is 2.21. The second-order valence-electron chi connectivity index (χ2n) is 10.0. The Kier molecular flexibility index (Phi) is 9.30. The van der Waals surface area contributed by atoms with E-state index >= 15 is 0 Å². The number of hydrogen-bond acceptors (Lipinski definition) is 4. The van der Waals surface area contributed by atoms with Gasteiger partial charge < -0.3 is 19.1 Å². The topological polar surface area (TPSA) is 41.0 Å². The van der Waals surface area contributed by atoms with Crippen molar-refractivity contribution >= 4 is 28.4 Å². The zero-order valence-electron chi connectivity index (χ0n) is 21.8. The molecule has 7 heteroatoms. The number of ether oxygens (including phenoxy) is 1. The Morgan fingerprint density at radius 3 is 2.42 bits per heavy atom. The molecule has 1 saturated heterocycles. The Balaban J connectivity index is 1.12. The van der Waals surface area contributed by atoms with Crippen molar-refractivity contribution in [3.8, 4) is 11.4 Å². The van der Waals surface area contributed by atoms with Crippen LogP contribution in [0.3, 0.4) is 0 Å². The zero-order chi connectivity index (χ0) is 25.5. The van der Waals surface area contributed by atoms with Gasteiger partial charge in [0.1, 0.15) is 5.75 Å². The molecule has 1 amide bonds. The summed E-state index contributed by atoms with van der Waals surface area (Å²) in [6, 6.07) is 16.5. The highest BCUT2D eigenvalue weighted by atomic mass is 35.5. The van der Waals surface area contributed by atoms with Crippen LogP contribution in [0.15, 0.2) is 54.7 Å². The number of carbonyl (C=O) groups is 1. The van der Waals surface area contributed by atoms with Gasteiger partial charge in [-0.2, -0.15) is 0 Å². The van der Waals surface area contributed by atoms with E-state index in [2.05, 4.69) is 58.7 Å². The van der Waals surface area contributed by atoms with Gasteiger partial charge in [-0.1, -0.05) is 11.6 Å². The van der Waals surface area contributed by atoms with Crippen LogP contribution in [-0.2, 0) is 4.79 Å². The minimum Gasteiger partial charge on any atom is -0.494 e. The molecule has 0 unspecified atom stereocenters. The molecule has 6 nitrogen and oxygen atoms in total. The number of hydrogen-bond donors (Lipinski definition) is 0. The van der Waals surface area contributed by atoms with Gasteiger partial charge in [-0.25, -0.2) is 0 Å². The molecule has 36 heavy (non-hydrogen) atoms. The van der Waals surface area contributed by atoms with Crippen LogP contribution in [0, 0.1) is 0 Å². The van der Waals surface area contributed by atoms with E-state index in [0.29, 0.717) is 6.54 Å². The fraction of sp³-hybridized carbons (Fsp3) is 0.483. The third kappa shape index (κ3) is 7.02. The maximum atomic E-state index is 12.3. The van der Waals surface area contributed by atoms with E-state index in [9.17, 15) is 4.79 Å². The number of halogens is 1. The number of piperazine rings is 1. The average molecular weight is 511 g/mol. The monoisotopic (exact) mass is 510 g/mol. The summed E-state index contributed by atoms with van der Waals surface area (Å²) in [6.07, 6.45) is 5.48. The standard InChI is InChI=1S/C29H39ClN4O2/c1-23(2)31(3)29(35)22-33-18-16-32(17-19-33)14-5-4-6-20-36-27-11-12-28-24(21-27)13-15-34(28)26-9-7-25(30)8-10-26/h7-13,15,21,23H,4-6,14,16-20,22H2,1-3H3. The predicted molar refractivity (Wildman–Crippen MR) is 148 cm³/mol. The second kappa shape index (κ2) is 12.6. The summed E-state index contributed by atoms with van der Waals surface area (Å²) in [5.41, 5.74) is 2.25.